The van der Waals surface area contributed by atoms with Crippen molar-refractivity contribution >= 4 is 11.6 Å². The van der Waals surface area contributed by atoms with Crippen LogP contribution in [-0.2, 0) is 16.1 Å². The number of aliphatic hydroxyl groups is 1. The standard InChI is InChI=1S/C36H44N2O4/c1-24-31(20-38-23-36(4)19-30(38)18-35(2,3)22-36)41-34(42-32(24)26-15-13-25(21-39)14-16-26)28-11-8-12-29(17-28)37-33(40)27-9-6-5-7-10-27/h5-17,24,30-32,34,39H,18-23H2,1-4H3,(H,37,40)/t24-,30?,31+,32+,34+,36?/m1/s1. The maximum atomic E-state index is 12.8. The first-order valence-corrected chi connectivity index (χ1v) is 15.3. The van der Waals surface area contributed by atoms with Gasteiger partial charge >= 0.3 is 0 Å². The largest absolute Gasteiger partial charge is 0.392 e. The number of ether oxygens (including phenoxy) is 2. The molecule has 3 fully saturated rings. The lowest BCUT2D eigenvalue weighted by Crippen LogP contribution is -2.46. The molecule has 2 bridgehead atoms. The molecule has 6 rings (SSSR count). The zero-order valence-electron chi connectivity index (χ0n) is 25.3. The van der Waals surface area contributed by atoms with E-state index in [0.717, 1.165) is 29.8 Å². The summed E-state index contributed by atoms with van der Waals surface area (Å²) in [7, 11) is 0. The number of carbonyl (C=O) groups excluding carboxylic acids is 1. The van der Waals surface area contributed by atoms with Crippen LogP contribution in [0, 0.1) is 16.7 Å². The predicted octanol–water partition coefficient (Wildman–Crippen LogP) is 7.12. The first kappa shape index (κ1) is 29.1. The Morgan fingerprint density at radius 2 is 1.71 bits per heavy atom. The number of amides is 1. The van der Waals surface area contributed by atoms with E-state index in [-0.39, 0.29) is 30.6 Å². The Kier molecular flexibility index (Phi) is 8.01. The van der Waals surface area contributed by atoms with Crippen LogP contribution in [0.15, 0.2) is 78.9 Å². The van der Waals surface area contributed by atoms with Gasteiger partial charge in [0.2, 0.25) is 0 Å². The SMILES string of the molecule is C[C@@H]1[C@H](CN2CC3(C)CC2CC(C)(C)C3)O[C@H](c2cccc(NC(=O)c3ccccc3)c2)O[C@@H]1c1ccc(CO)cc1. The fraction of sp³-hybridized carbons (Fsp3) is 0.472. The Labute approximate surface area is 250 Å². The molecule has 222 valence electrons. The van der Waals surface area contributed by atoms with Gasteiger partial charge in [-0.05, 0) is 65.5 Å². The molecule has 0 aromatic heterocycles. The summed E-state index contributed by atoms with van der Waals surface area (Å²) in [4.78, 5) is 15.5. The van der Waals surface area contributed by atoms with E-state index in [1.165, 1.54) is 19.3 Å². The van der Waals surface area contributed by atoms with Crippen LogP contribution in [0.2, 0.25) is 0 Å². The van der Waals surface area contributed by atoms with Crippen molar-refractivity contribution in [2.24, 2.45) is 16.7 Å². The van der Waals surface area contributed by atoms with Gasteiger partial charge in [-0.15, -0.1) is 0 Å². The van der Waals surface area contributed by atoms with Crippen LogP contribution >= 0.6 is 0 Å². The lowest BCUT2D eigenvalue weighted by Gasteiger charge is -2.43. The van der Waals surface area contributed by atoms with Gasteiger partial charge in [-0.3, -0.25) is 9.69 Å². The molecule has 1 saturated carbocycles. The highest BCUT2D eigenvalue weighted by Gasteiger charge is 2.51. The minimum absolute atomic E-state index is 0.0165. The van der Waals surface area contributed by atoms with E-state index in [0.29, 0.717) is 28.1 Å². The third-order valence-electron chi connectivity index (χ3n) is 9.51. The van der Waals surface area contributed by atoms with Crippen LogP contribution < -0.4 is 5.32 Å². The molecule has 2 heterocycles. The number of hydrogen-bond donors (Lipinski definition) is 2. The fourth-order valence-corrected chi connectivity index (χ4v) is 7.91. The van der Waals surface area contributed by atoms with Crippen molar-refractivity contribution < 1.29 is 19.4 Å². The number of hydrogen-bond acceptors (Lipinski definition) is 5. The molecule has 6 atom stereocenters. The Morgan fingerprint density at radius 1 is 0.952 bits per heavy atom. The Bertz CT molecular complexity index is 1390. The Hall–Kier alpha value is -3.03. The maximum absolute atomic E-state index is 12.8. The third-order valence-corrected chi connectivity index (χ3v) is 9.51. The van der Waals surface area contributed by atoms with Crippen LogP contribution in [0.3, 0.4) is 0 Å². The van der Waals surface area contributed by atoms with Gasteiger partial charge in [0.15, 0.2) is 6.29 Å². The molecular formula is C36H44N2O4. The quantitative estimate of drug-likeness (QED) is 0.318. The van der Waals surface area contributed by atoms with Gasteiger partial charge in [-0.2, -0.15) is 0 Å². The monoisotopic (exact) mass is 568 g/mol. The van der Waals surface area contributed by atoms with Crippen molar-refractivity contribution in [1.29, 1.82) is 0 Å². The summed E-state index contributed by atoms with van der Waals surface area (Å²) in [5, 5.41) is 12.6. The Balaban J connectivity index is 1.26. The number of benzene rings is 3. The van der Waals surface area contributed by atoms with Gasteiger partial charge in [0.25, 0.3) is 5.91 Å². The molecule has 0 radical (unpaired) electrons. The predicted molar refractivity (Wildman–Crippen MR) is 165 cm³/mol. The van der Waals surface area contributed by atoms with Crippen LogP contribution in [0.1, 0.15) is 86.4 Å². The number of fused-ring (bicyclic) bond motifs is 2. The zero-order valence-corrected chi connectivity index (χ0v) is 25.3. The number of rotatable bonds is 7. The normalized spacial score (nSPS) is 30.6. The molecule has 6 nitrogen and oxygen atoms in total. The van der Waals surface area contributed by atoms with E-state index in [1.54, 1.807) is 12.1 Å². The van der Waals surface area contributed by atoms with Gasteiger partial charge in [0, 0.05) is 41.9 Å². The third kappa shape index (κ3) is 6.18. The highest BCUT2D eigenvalue weighted by molar-refractivity contribution is 6.04. The van der Waals surface area contributed by atoms with Crippen molar-refractivity contribution in [2.45, 2.75) is 78.1 Å². The zero-order chi connectivity index (χ0) is 29.5. The van der Waals surface area contributed by atoms with Crippen molar-refractivity contribution in [3.63, 3.8) is 0 Å². The maximum Gasteiger partial charge on any atom is 0.255 e. The topological polar surface area (TPSA) is 71.0 Å². The first-order chi connectivity index (χ1) is 20.1. The van der Waals surface area contributed by atoms with Crippen LogP contribution in [0.25, 0.3) is 0 Å². The molecule has 3 aromatic rings. The second-order valence-corrected chi connectivity index (χ2v) is 13.9. The van der Waals surface area contributed by atoms with Gasteiger partial charge in [-0.1, -0.05) is 82.3 Å². The summed E-state index contributed by atoms with van der Waals surface area (Å²) < 4.78 is 13.5. The molecule has 3 aliphatic rings. The number of aliphatic hydroxyl groups excluding tert-OH is 1. The molecule has 42 heavy (non-hydrogen) atoms. The number of nitrogens with one attached hydrogen (secondary N) is 1. The number of likely N-dealkylation sites (tertiary alicyclic amines) is 1. The molecule has 3 aromatic carbocycles. The highest BCUT2D eigenvalue weighted by atomic mass is 16.7. The van der Waals surface area contributed by atoms with Crippen LogP contribution in [0.4, 0.5) is 5.69 Å². The van der Waals surface area contributed by atoms with Crippen molar-refractivity contribution in [2.75, 3.05) is 18.4 Å². The summed E-state index contributed by atoms with van der Waals surface area (Å²) in [5.74, 6) is -0.0217. The van der Waals surface area contributed by atoms with E-state index >= 15 is 0 Å². The lowest BCUT2D eigenvalue weighted by molar-refractivity contribution is -0.276. The molecule has 1 amide bonds. The summed E-state index contributed by atoms with van der Waals surface area (Å²) in [5.41, 5.74) is 4.87. The van der Waals surface area contributed by atoms with E-state index in [2.05, 4.69) is 50.0 Å². The summed E-state index contributed by atoms with van der Waals surface area (Å²) >= 11 is 0. The van der Waals surface area contributed by atoms with Crippen LogP contribution in [0.5, 0.6) is 0 Å². The minimum Gasteiger partial charge on any atom is -0.392 e. The van der Waals surface area contributed by atoms with Gasteiger partial charge in [-0.25, -0.2) is 0 Å². The molecule has 0 spiro atoms. The number of anilines is 1. The number of carbonyl (C=O) groups is 1. The molecule has 2 N–H and O–H groups in total. The van der Waals surface area contributed by atoms with Crippen molar-refractivity contribution in [3.05, 3.63) is 101 Å². The molecule has 2 unspecified atom stereocenters. The fourth-order valence-electron chi connectivity index (χ4n) is 7.91. The second kappa shape index (κ2) is 11.6. The van der Waals surface area contributed by atoms with Crippen LogP contribution in [-0.4, -0.2) is 41.1 Å². The van der Waals surface area contributed by atoms with Gasteiger partial charge in [0.05, 0.1) is 18.8 Å². The average molecular weight is 569 g/mol. The first-order valence-electron chi connectivity index (χ1n) is 15.3. The minimum atomic E-state index is -0.573. The van der Waals surface area contributed by atoms with Gasteiger partial charge < -0.3 is 19.9 Å². The molecule has 1 aliphatic carbocycles. The summed E-state index contributed by atoms with van der Waals surface area (Å²) in [6, 6.07) is 25.7. The van der Waals surface area contributed by atoms with E-state index in [9.17, 15) is 9.90 Å². The van der Waals surface area contributed by atoms with Crippen molar-refractivity contribution in [1.82, 2.24) is 4.90 Å². The lowest BCUT2D eigenvalue weighted by atomic mass is 9.65. The smallest absolute Gasteiger partial charge is 0.255 e. The van der Waals surface area contributed by atoms with Gasteiger partial charge in [0.1, 0.15) is 0 Å². The summed E-state index contributed by atoms with van der Waals surface area (Å²) in [6.45, 7) is 11.5. The molecular weight excluding hydrogens is 524 g/mol. The Morgan fingerprint density at radius 3 is 2.45 bits per heavy atom. The highest BCUT2D eigenvalue weighted by Crippen LogP contribution is 2.53. The molecule has 2 aliphatic heterocycles. The molecule has 2 saturated heterocycles. The molecule has 6 heteroatoms. The van der Waals surface area contributed by atoms with E-state index < -0.39 is 6.29 Å². The van der Waals surface area contributed by atoms with E-state index in [1.807, 2.05) is 54.6 Å². The second-order valence-electron chi connectivity index (χ2n) is 13.9. The van der Waals surface area contributed by atoms with Crippen molar-refractivity contribution in [3.8, 4) is 0 Å². The average Bonchev–Trinajstić information content (AvgIpc) is 3.21. The number of nitrogens with zero attached hydrogens (tertiary/aromatic N) is 1. The summed E-state index contributed by atoms with van der Waals surface area (Å²) in [6.07, 6.45) is 2.97. The van der Waals surface area contributed by atoms with E-state index in [4.69, 9.17) is 9.47 Å².